The van der Waals surface area contributed by atoms with E-state index in [0.29, 0.717) is 86.5 Å². The lowest BCUT2D eigenvalue weighted by atomic mass is 9.99. The summed E-state index contributed by atoms with van der Waals surface area (Å²) in [5.41, 5.74) is 8.91. The molecule has 2 aromatic carbocycles. The highest BCUT2D eigenvalue weighted by Crippen LogP contribution is 2.39. The molecule has 0 amide bonds. The molecule has 2 aromatic heterocycles. The van der Waals surface area contributed by atoms with Crippen LogP contribution in [0.2, 0.25) is 0 Å². The zero-order chi connectivity index (χ0) is 29.8. The molecule has 2 aliphatic heterocycles. The predicted molar refractivity (Wildman–Crippen MR) is 164 cm³/mol. The first-order valence-electron chi connectivity index (χ1n) is 14.1. The van der Waals surface area contributed by atoms with E-state index in [1.807, 2.05) is 12.1 Å². The van der Waals surface area contributed by atoms with Gasteiger partial charge in [-0.3, -0.25) is 4.39 Å². The number of alkyl halides is 1. The third-order valence-corrected chi connectivity index (χ3v) is 8.46. The van der Waals surface area contributed by atoms with Crippen molar-refractivity contribution in [1.29, 1.82) is 0 Å². The maximum atomic E-state index is 16.0. The average Bonchev–Trinajstić information content (AvgIpc) is 3.05. The van der Waals surface area contributed by atoms with Gasteiger partial charge in [0.2, 0.25) is 5.95 Å². The second-order valence-electron chi connectivity index (χ2n) is 10.2. The quantitative estimate of drug-likeness (QED) is 0.269. The summed E-state index contributed by atoms with van der Waals surface area (Å²) in [6, 6.07) is 8.74. The van der Waals surface area contributed by atoms with Gasteiger partial charge in [0.15, 0.2) is 11.6 Å². The number of hydrogen-bond acceptors (Lipinski definition) is 11. The Morgan fingerprint density at radius 1 is 0.953 bits per heavy atom. The highest BCUT2D eigenvalue weighted by Gasteiger charge is 2.25. The van der Waals surface area contributed by atoms with E-state index in [1.54, 1.807) is 24.5 Å². The van der Waals surface area contributed by atoms with Gasteiger partial charge in [0.25, 0.3) is 0 Å². The van der Waals surface area contributed by atoms with Crippen molar-refractivity contribution in [2.24, 2.45) is 0 Å². The van der Waals surface area contributed by atoms with Crippen LogP contribution >= 0.6 is 0 Å². The number of fused-ring (bicyclic) bond motifs is 1. The van der Waals surface area contributed by atoms with E-state index in [9.17, 15) is 8.94 Å². The fraction of sp³-hybridized carbons (Fsp3) is 0.379. The van der Waals surface area contributed by atoms with Crippen LogP contribution in [0.4, 0.5) is 31.9 Å². The number of nitrogens with zero attached hydrogens (tertiary/aromatic N) is 6. The number of anilines is 4. The molecule has 4 heterocycles. The van der Waals surface area contributed by atoms with Gasteiger partial charge < -0.3 is 29.6 Å². The smallest absolute Gasteiger partial charge is 0.219 e. The lowest BCUT2D eigenvalue weighted by Crippen LogP contribution is -2.37. The molecule has 2 aliphatic rings. The summed E-state index contributed by atoms with van der Waals surface area (Å²) in [5, 5.41) is 0.755. The molecule has 0 bridgehead atoms. The van der Waals surface area contributed by atoms with Gasteiger partial charge in [0.1, 0.15) is 17.3 Å². The SMILES string of the molecule is Nc1ncc(-c2nc(N3CCOCC3)c3cc(-c4cccc(N[S+]([O-])CCCF)c4F)cc(N4CCOCC4)c3n2)cn1. The van der Waals surface area contributed by atoms with Crippen LogP contribution in [0.25, 0.3) is 33.4 Å². The Morgan fingerprint density at radius 2 is 1.65 bits per heavy atom. The third-order valence-electron chi connectivity index (χ3n) is 7.35. The Bertz CT molecular complexity index is 1570. The number of morpholine rings is 2. The van der Waals surface area contributed by atoms with E-state index in [4.69, 9.17) is 25.2 Å². The molecule has 0 spiro atoms. The Kier molecular flexibility index (Phi) is 8.98. The van der Waals surface area contributed by atoms with Crippen molar-refractivity contribution in [3.05, 3.63) is 48.5 Å². The van der Waals surface area contributed by atoms with E-state index >= 15 is 4.39 Å². The van der Waals surface area contributed by atoms with Gasteiger partial charge in [-0.1, -0.05) is 12.1 Å². The van der Waals surface area contributed by atoms with Crippen LogP contribution in [0, 0.1) is 5.82 Å². The van der Waals surface area contributed by atoms with Crippen molar-refractivity contribution in [3.8, 4) is 22.5 Å². The molecular formula is C29H32F2N8O3S. The van der Waals surface area contributed by atoms with E-state index in [2.05, 4.69) is 24.5 Å². The van der Waals surface area contributed by atoms with E-state index < -0.39 is 23.9 Å². The number of ether oxygens (including phenoxy) is 2. The summed E-state index contributed by atoms with van der Waals surface area (Å²) in [7, 11) is 0. The number of nitrogen functional groups attached to an aromatic ring is 1. The molecule has 3 N–H and O–H groups in total. The molecule has 14 heteroatoms. The maximum Gasteiger partial charge on any atom is 0.219 e. The van der Waals surface area contributed by atoms with Crippen LogP contribution in [0.3, 0.4) is 0 Å². The van der Waals surface area contributed by atoms with Crippen LogP contribution in [-0.2, 0) is 20.8 Å². The van der Waals surface area contributed by atoms with Crippen molar-refractivity contribution >= 4 is 45.4 Å². The molecule has 2 saturated heterocycles. The van der Waals surface area contributed by atoms with Crippen molar-refractivity contribution in [3.63, 3.8) is 0 Å². The Labute approximate surface area is 250 Å². The summed E-state index contributed by atoms with van der Waals surface area (Å²) >= 11 is -1.61. The Balaban J connectivity index is 1.54. The molecule has 0 aliphatic carbocycles. The number of rotatable bonds is 9. The zero-order valence-corrected chi connectivity index (χ0v) is 24.3. The van der Waals surface area contributed by atoms with Gasteiger partial charge in [-0.15, -0.1) is 0 Å². The molecular weight excluding hydrogens is 578 g/mol. The molecule has 11 nitrogen and oxygen atoms in total. The number of nitrogens with two attached hydrogens (primary N) is 1. The second kappa shape index (κ2) is 13.2. The molecule has 226 valence electrons. The first kappa shape index (κ1) is 29.2. The fourth-order valence-electron chi connectivity index (χ4n) is 5.19. The minimum absolute atomic E-state index is 0.0823. The molecule has 6 rings (SSSR count). The lowest BCUT2D eigenvalue weighted by molar-refractivity contribution is 0.122. The summed E-state index contributed by atoms with van der Waals surface area (Å²) in [6.07, 6.45) is 3.32. The van der Waals surface area contributed by atoms with Gasteiger partial charge in [0, 0.05) is 55.9 Å². The summed E-state index contributed by atoms with van der Waals surface area (Å²) in [5.74, 6) is 0.830. The first-order chi connectivity index (χ1) is 21.0. The van der Waals surface area contributed by atoms with Crippen LogP contribution in [0.15, 0.2) is 42.7 Å². The predicted octanol–water partition coefficient (Wildman–Crippen LogP) is 3.58. The summed E-state index contributed by atoms with van der Waals surface area (Å²) < 4.78 is 54.9. The second-order valence-corrected chi connectivity index (χ2v) is 11.5. The Morgan fingerprint density at radius 3 is 2.35 bits per heavy atom. The van der Waals surface area contributed by atoms with Gasteiger partial charge in [-0.05, 0) is 23.8 Å². The summed E-state index contributed by atoms with van der Waals surface area (Å²) in [6.45, 7) is 4.11. The number of benzene rings is 2. The fourth-order valence-corrected chi connectivity index (χ4v) is 6.07. The summed E-state index contributed by atoms with van der Waals surface area (Å²) in [4.78, 5) is 22.6. The monoisotopic (exact) mass is 610 g/mol. The van der Waals surface area contributed by atoms with Crippen LogP contribution in [0.1, 0.15) is 6.42 Å². The number of hydrogen-bond donors (Lipinski definition) is 2. The van der Waals surface area contributed by atoms with Gasteiger partial charge in [0.05, 0.1) is 61.2 Å². The molecule has 43 heavy (non-hydrogen) atoms. The number of aromatic nitrogens is 4. The normalized spacial score (nSPS) is 16.4. The first-order valence-corrected chi connectivity index (χ1v) is 15.4. The van der Waals surface area contributed by atoms with E-state index in [1.165, 1.54) is 6.07 Å². The van der Waals surface area contributed by atoms with E-state index in [-0.39, 0.29) is 23.8 Å². The van der Waals surface area contributed by atoms with Crippen molar-refractivity contribution in [2.75, 3.05) is 85.3 Å². The maximum absolute atomic E-state index is 16.0. The molecule has 0 radical (unpaired) electrons. The topological polar surface area (TPSA) is 138 Å². The van der Waals surface area contributed by atoms with Crippen LogP contribution in [0.5, 0.6) is 0 Å². The largest absolute Gasteiger partial charge is 0.593 e. The molecule has 4 aromatic rings. The lowest BCUT2D eigenvalue weighted by Gasteiger charge is -2.32. The highest BCUT2D eigenvalue weighted by atomic mass is 32.2. The van der Waals surface area contributed by atoms with Crippen LogP contribution < -0.4 is 20.3 Å². The van der Waals surface area contributed by atoms with Crippen molar-refractivity contribution < 1.29 is 22.8 Å². The molecule has 1 atom stereocenters. The molecule has 0 saturated carbocycles. The van der Waals surface area contributed by atoms with E-state index in [0.717, 1.165) is 11.1 Å². The van der Waals surface area contributed by atoms with Gasteiger partial charge in [-0.25, -0.2) is 29.0 Å². The molecule has 2 fully saturated rings. The molecule has 1 unspecified atom stereocenters. The number of nitrogens with one attached hydrogen (secondary N) is 1. The van der Waals surface area contributed by atoms with Crippen molar-refractivity contribution in [1.82, 2.24) is 19.9 Å². The zero-order valence-electron chi connectivity index (χ0n) is 23.5. The average molecular weight is 611 g/mol. The Hall–Kier alpha value is -3.85. The highest BCUT2D eigenvalue weighted by molar-refractivity contribution is 7.92. The number of halogens is 2. The van der Waals surface area contributed by atoms with Crippen molar-refractivity contribution in [2.45, 2.75) is 6.42 Å². The van der Waals surface area contributed by atoms with Gasteiger partial charge >= 0.3 is 0 Å². The minimum Gasteiger partial charge on any atom is -0.593 e. The van der Waals surface area contributed by atoms with Crippen LogP contribution in [-0.4, -0.2) is 89.5 Å². The minimum atomic E-state index is -1.61. The third kappa shape index (κ3) is 6.42. The standard InChI is InChI=1S/C29H32F2N8O3S/c30-5-2-14-43(40)37-23-4-1-3-21(25(23)31)19-15-22-26(24(16-19)38-6-10-41-11-7-38)35-27(20-17-33-29(32)34-18-20)36-28(22)39-8-12-42-13-9-39/h1,3-4,15-18,37H,2,5-14H2,(H2,32,33,34). The van der Waals surface area contributed by atoms with Gasteiger partial charge in [-0.2, -0.15) is 0 Å².